The van der Waals surface area contributed by atoms with E-state index in [2.05, 4.69) is 15.6 Å². The van der Waals surface area contributed by atoms with Crippen molar-refractivity contribution in [3.05, 3.63) is 56.5 Å². The standard InChI is InChI=1S/C19H17Cl2N3O3S/c1-27-8-14(25)24-16-10-5-3-2-4-9(10)6-11(16)23-19(26)12-7-13-17(22-12)15(20)18(21)28-13/h2-5,7,11,16,22H,6,8H2,1H3,(H,23,26)(H,24,25). The molecule has 3 aromatic rings. The summed E-state index contributed by atoms with van der Waals surface area (Å²) in [6.07, 6.45) is 0.626. The van der Waals surface area contributed by atoms with Crippen molar-refractivity contribution in [1.29, 1.82) is 0 Å². The highest BCUT2D eigenvalue weighted by molar-refractivity contribution is 7.23. The summed E-state index contributed by atoms with van der Waals surface area (Å²) in [6.45, 7) is -0.0362. The number of carbonyl (C=O) groups is 2. The fraction of sp³-hybridized carbons (Fsp3) is 0.263. The SMILES string of the molecule is COCC(=O)NC1c2ccccc2CC1NC(=O)c1cc2sc(Cl)c(Cl)c2[nH]1. The number of hydrogen-bond donors (Lipinski definition) is 3. The molecule has 28 heavy (non-hydrogen) atoms. The van der Waals surface area contributed by atoms with E-state index in [0.717, 1.165) is 15.8 Å². The lowest BCUT2D eigenvalue weighted by Gasteiger charge is -2.23. The molecule has 0 bridgehead atoms. The smallest absolute Gasteiger partial charge is 0.268 e. The number of benzene rings is 1. The van der Waals surface area contributed by atoms with Crippen LogP contribution in [0, 0.1) is 0 Å². The molecule has 0 saturated carbocycles. The van der Waals surface area contributed by atoms with E-state index in [0.29, 0.717) is 27.0 Å². The molecule has 146 valence electrons. The molecule has 0 radical (unpaired) electrons. The highest BCUT2D eigenvalue weighted by Crippen LogP contribution is 2.39. The number of carbonyl (C=O) groups excluding carboxylic acids is 2. The predicted molar refractivity (Wildman–Crippen MR) is 110 cm³/mol. The zero-order valence-corrected chi connectivity index (χ0v) is 17.2. The van der Waals surface area contributed by atoms with Crippen molar-refractivity contribution in [2.75, 3.05) is 13.7 Å². The summed E-state index contributed by atoms with van der Waals surface area (Å²) in [7, 11) is 1.47. The first-order valence-electron chi connectivity index (χ1n) is 8.61. The lowest BCUT2D eigenvalue weighted by molar-refractivity contribution is -0.125. The minimum Gasteiger partial charge on any atom is -0.375 e. The molecular formula is C19H17Cl2N3O3S. The number of amides is 2. The number of thiophene rings is 1. The maximum absolute atomic E-state index is 12.8. The van der Waals surface area contributed by atoms with E-state index in [1.807, 2.05) is 24.3 Å². The molecule has 0 spiro atoms. The molecule has 0 fully saturated rings. The normalized spacial score (nSPS) is 18.2. The maximum atomic E-state index is 12.8. The first kappa shape index (κ1) is 19.3. The summed E-state index contributed by atoms with van der Waals surface area (Å²) >= 11 is 13.5. The fourth-order valence-corrected chi connectivity index (χ4v) is 5.02. The van der Waals surface area contributed by atoms with E-state index in [-0.39, 0.29) is 30.5 Å². The molecule has 0 aliphatic heterocycles. The van der Waals surface area contributed by atoms with Crippen LogP contribution in [0.25, 0.3) is 10.2 Å². The van der Waals surface area contributed by atoms with Crippen molar-refractivity contribution < 1.29 is 14.3 Å². The van der Waals surface area contributed by atoms with Gasteiger partial charge in [0.05, 0.1) is 27.3 Å². The van der Waals surface area contributed by atoms with E-state index in [4.69, 9.17) is 27.9 Å². The van der Waals surface area contributed by atoms with Crippen molar-refractivity contribution in [3.63, 3.8) is 0 Å². The van der Waals surface area contributed by atoms with E-state index < -0.39 is 0 Å². The van der Waals surface area contributed by atoms with Gasteiger partial charge in [-0.15, -0.1) is 11.3 Å². The summed E-state index contributed by atoms with van der Waals surface area (Å²) in [4.78, 5) is 27.9. The second-order valence-electron chi connectivity index (χ2n) is 6.57. The topological polar surface area (TPSA) is 83.2 Å². The lowest BCUT2D eigenvalue weighted by Crippen LogP contribution is -2.45. The average molecular weight is 438 g/mol. The van der Waals surface area contributed by atoms with E-state index in [1.165, 1.54) is 18.4 Å². The van der Waals surface area contributed by atoms with Gasteiger partial charge in [-0.05, 0) is 23.6 Å². The number of aromatic amines is 1. The molecule has 1 aromatic carbocycles. The van der Waals surface area contributed by atoms with Gasteiger partial charge in [0.25, 0.3) is 5.91 Å². The molecule has 9 heteroatoms. The van der Waals surface area contributed by atoms with Crippen LogP contribution in [-0.2, 0) is 16.0 Å². The summed E-state index contributed by atoms with van der Waals surface area (Å²) in [5.74, 6) is -0.496. The zero-order chi connectivity index (χ0) is 19.8. The third-order valence-corrected chi connectivity index (χ3v) is 6.69. The second-order valence-corrected chi connectivity index (χ2v) is 8.61. The Hall–Kier alpha value is -2.06. The maximum Gasteiger partial charge on any atom is 0.268 e. The Morgan fingerprint density at radius 1 is 1.29 bits per heavy atom. The Morgan fingerprint density at radius 3 is 2.82 bits per heavy atom. The Labute approximate surface area is 175 Å². The first-order valence-corrected chi connectivity index (χ1v) is 10.2. The quantitative estimate of drug-likeness (QED) is 0.568. The van der Waals surface area contributed by atoms with Gasteiger partial charge in [0.2, 0.25) is 5.91 Å². The van der Waals surface area contributed by atoms with Gasteiger partial charge >= 0.3 is 0 Å². The molecule has 2 atom stereocenters. The summed E-state index contributed by atoms with van der Waals surface area (Å²) in [5, 5.41) is 6.40. The molecular weight excluding hydrogens is 421 g/mol. The third-order valence-electron chi connectivity index (χ3n) is 4.76. The highest BCUT2D eigenvalue weighted by atomic mass is 35.5. The monoisotopic (exact) mass is 437 g/mol. The molecule has 6 nitrogen and oxygen atoms in total. The number of nitrogens with one attached hydrogen (secondary N) is 3. The van der Waals surface area contributed by atoms with Crippen LogP contribution in [0.3, 0.4) is 0 Å². The van der Waals surface area contributed by atoms with Crippen LogP contribution in [0.4, 0.5) is 0 Å². The molecule has 2 heterocycles. The van der Waals surface area contributed by atoms with Crippen molar-refractivity contribution >= 4 is 56.6 Å². The summed E-state index contributed by atoms with van der Waals surface area (Å²) in [5.41, 5.74) is 3.15. The average Bonchev–Trinajstić information content (AvgIpc) is 3.30. The number of aromatic nitrogens is 1. The van der Waals surface area contributed by atoms with Crippen molar-refractivity contribution in [1.82, 2.24) is 15.6 Å². The van der Waals surface area contributed by atoms with Gasteiger partial charge in [-0.2, -0.15) is 0 Å². The Bertz CT molecular complexity index is 1060. The van der Waals surface area contributed by atoms with Crippen LogP contribution in [0.15, 0.2) is 30.3 Å². The van der Waals surface area contributed by atoms with E-state index >= 15 is 0 Å². The first-order chi connectivity index (χ1) is 13.5. The molecule has 1 aliphatic rings. The Balaban J connectivity index is 1.56. The van der Waals surface area contributed by atoms with E-state index in [1.54, 1.807) is 6.07 Å². The molecule has 1 aliphatic carbocycles. The van der Waals surface area contributed by atoms with Crippen molar-refractivity contribution in [2.24, 2.45) is 0 Å². The Kier molecular flexibility index (Phi) is 5.33. The van der Waals surface area contributed by atoms with E-state index in [9.17, 15) is 9.59 Å². The van der Waals surface area contributed by atoms with Crippen LogP contribution >= 0.6 is 34.5 Å². The number of fused-ring (bicyclic) bond motifs is 2. The van der Waals surface area contributed by atoms with Gasteiger partial charge in [-0.3, -0.25) is 9.59 Å². The van der Waals surface area contributed by atoms with Gasteiger partial charge in [-0.1, -0.05) is 47.5 Å². The summed E-state index contributed by atoms with van der Waals surface area (Å²) in [6, 6.07) is 8.97. The van der Waals surface area contributed by atoms with Crippen LogP contribution < -0.4 is 10.6 Å². The third kappa shape index (κ3) is 3.51. The number of methoxy groups -OCH3 is 1. The molecule has 4 rings (SSSR count). The highest BCUT2D eigenvalue weighted by Gasteiger charge is 2.34. The largest absolute Gasteiger partial charge is 0.375 e. The minimum atomic E-state index is -0.322. The van der Waals surface area contributed by atoms with Gasteiger partial charge in [-0.25, -0.2) is 0 Å². The van der Waals surface area contributed by atoms with Gasteiger partial charge in [0, 0.05) is 7.11 Å². The molecule has 2 amide bonds. The van der Waals surface area contributed by atoms with Crippen LogP contribution in [0.2, 0.25) is 9.36 Å². The predicted octanol–water partition coefficient (Wildman–Crippen LogP) is 3.69. The minimum absolute atomic E-state index is 0.0362. The molecule has 3 N–H and O–H groups in total. The zero-order valence-electron chi connectivity index (χ0n) is 14.8. The number of ether oxygens (including phenoxy) is 1. The number of hydrogen-bond acceptors (Lipinski definition) is 4. The number of rotatable bonds is 5. The van der Waals surface area contributed by atoms with Gasteiger partial charge in [0.15, 0.2) is 0 Å². The van der Waals surface area contributed by atoms with Crippen LogP contribution in [-0.4, -0.2) is 36.6 Å². The molecule has 2 aromatic heterocycles. The van der Waals surface area contributed by atoms with Gasteiger partial charge < -0.3 is 20.4 Å². The molecule has 0 saturated heterocycles. The van der Waals surface area contributed by atoms with Crippen LogP contribution in [0.1, 0.15) is 27.7 Å². The van der Waals surface area contributed by atoms with Crippen LogP contribution in [0.5, 0.6) is 0 Å². The lowest BCUT2D eigenvalue weighted by atomic mass is 10.1. The van der Waals surface area contributed by atoms with Crippen molar-refractivity contribution in [3.8, 4) is 0 Å². The molecule has 2 unspecified atom stereocenters. The fourth-order valence-electron chi connectivity index (χ4n) is 3.54. The second kappa shape index (κ2) is 7.75. The number of halogens is 2. The van der Waals surface area contributed by atoms with Crippen molar-refractivity contribution in [2.45, 2.75) is 18.5 Å². The summed E-state index contributed by atoms with van der Waals surface area (Å²) < 4.78 is 6.21. The Morgan fingerprint density at radius 2 is 2.07 bits per heavy atom. The van der Waals surface area contributed by atoms with Gasteiger partial charge in [0.1, 0.15) is 16.6 Å². The number of H-pyrrole nitrogens is 1.